The molecular weight excluding hydrogens is 526 g/mol. The van der Waals surface area contributed by atoms with E-state index >= 15 is 0 Å². The summed E-state index contributed by atoms with van der Waals surface area (Å²) in [5.41, 5.74) is 0. The van der Waals surface area contributed by atoms with E-state index in [-0.39, 0.29) is 6.10 Å². The molecule has 43 heavy (non-hydrogen) atoms. The molecule has 0 aromatic rings. The normalized spacial score (nSPS) is 15.4. The van der Waals surface area contributed by atoms with E-state index in [4.69, 9.17) is 9.47 Å². The van der Waals surface area contributed by atoms with Crippen LogP contribution >= 0.6 is 0 Å². The fraction of sp³-hybridized carbons (Fsp3) is 1.00. The lowest BCUT2D eigenvalue weighted by molar-refractivity contribution is -0.900. The second kappa shape index (κ2) is 31.8. The fourth-order valence-electron chi connectivity index (χ4n) is 7.09. The summed E-state index contributed by atoms with van der Waals surface area (Å²) in [7, 11) is 2.43. The van der Waals surface area contributed by atoms with Gasteiger partial charge in [0.1, 0.15) is 12.6 Å². The monoisotopic (exact) mass is 609 g/mol. The molecule has 0 spiro atoms. The molecule has 1 aliphatic rings. The summed E-state index contributed by atoms with van der Waals surface area (Å²) in [5, 5.41) is 0. The lowest BCUT2D eigenvalue weighted by Crippen LogP contribution is -2.48. The van der Waals surface area contributed by atoms with E-state index in [0.29, 0.717) is 0 Å². The number of hydrogen-bond acceptors (Lipinski definition) is 2. The Labute approximate surface area is 272 Å². The van der Waals surface area contributed by atoms with Crippen molar-refractivity contribution in [1.82, 2.24) is 0 Å². The van der Waals surface area contributed by atoms with E-state index in [1.165, 1.54) is 210 Å². The minimum Gasteiger partial charge on any atom is -0.379 e. The number of likely N-dealkylation sites (N-methyl/N-ethyl adjacent to an activating group) is 1. The van der Waals surface area contributed by atoms with Crippen molar-refractivity contribution in [3.63, 3.8) is 0 Å². The molecule has 0 aromatic heterocycles. The Morgan fingerprint density at radius 2 is 0.767 bits per heavy atom. The third-order valence-corrected chi connectivity index (χ3v) is 10.1. The number of nitrogens with zero attached hydrogens (tertiary/aromatic N) is 1. The molecule has 1 rings (SSSR count). The maximum Gasteiger partial charge on any atom is 0.130 e. The van der Waals surface area contributed by atoms with E-state index in [0.717, 1.165) is 26.4 Å². The first-order valence-corrected chi connectivity index (χ1v) is 20.2. The summed E-state index contributed by atoms with van der Waals surface area (Å²) in [6.45, 7) is 11.0. The maximum atomic E-state index is 6.46. The second-order valence-electron chi connectivity index (χ2n) is 14.7. The van der Waals surface area contributed by atoms with Crippen molar-refractivity contribution in [2.24, 2.45) is 0 Å². The zero-order valence-corrected chi connectivity index (χ0v) is 30.3. The smallest absolute Gasteiger partial charge is 0.130 e. The van der Waals surface area contributed by atoms with Gasteiger partial charge >= 0.3 is 0 Å². The highest BCUT2D eigenvalue weighted by Gasteiger charge is 2.30. The van der Waals surface area contributed by atoms with Gasteiger partial charge < -0.3 is 14.0 Å². The highest BCUT2D eigenvalue weighted by molar-refractivity contribution is 4.62. The molecule has 1 fully saturated rings. The highest BCUT2D eigenvalue weighted by atomic mass is 16.5. The van der Waals surface area contributed by atoms with Crippen molar-refractivity contribution in [3.05, 3.63) is 0 Å². The molecule has 0 saturated carbocycles. The van der Waals surface area contributed by atoms with Gasteiger partial charge in [0, 0.05) is 26.1 Å². The number of quaternary nitrogens is 1. The lowest BCUT2D eigenvalue weighted by Gasteiger charge is -2.33. The SMILES string of the molecule is CCCCCCCCCCCCCCCCOCC(C[N+]1(C)CCCC1)OCCCCCCCCCCCCCCCC. The van der Waals surface area contributed by atoms with Crippen molar-refractivity contribution >= 4 is 0 Å². The van der Waals surface area contributed by atoms with Gasteiger partial charge in [-0.3, -0.25) is 0 Å². The molecule has 1 saturated heterocycles. The summed E-state index contributed by atoms with van der Waals surface area (Å²) in [6.07, 6.45) is 42.5. The Kier molecular flexibility index (Phi) is 30.3. The van der Waals surface area contributed by atoms with Crippen LogP contribution in [0.4, 0.5) is 0 Å². The Morgan fingerprint density at radius 3 is 1.14 bits per heavy atom. The zero-order valence-electron chi connectivity index (χ0n) is 30.3. The first-order valence-electron chi connectivity index (χ1n) is 20.2. The van der Waals surface area contributed by atoms with Crippen molar-refractivity contribution in [3.8, 4) is 0 Å². The molecule has 3 nitrogen and oxygen atoms in total. The van der Waals surface area contributed by atoms with Gasteiger partial charge in [0.15, 0.2) is 0 Å². The topological polar surface area (TPSA) is 18.5 Å². The molecular formula is C40H82NO2+. The molecule has 3 heteroatoms. The molecule has 0 amide bonds. The van der Waals surface area contributed by atoms with Crippen LogP contribution in [0.3, 0.4) is 0 Å². The van der Waals surface area contributed by atoms with Crippen LogP contribution in [0.25, 0.3) is 0 Å². The van der Waals surface area contributed by atoms with Gasteiger partial charge in [0.25, 0.3) is 0 Å². The highest BCUT2D eigenvalue weighted by Crippen LogP contribution is 2.19. The third kappa shape index (κ3) is 27.9. The second-order valence-corrected chi connectivity index (χ2v) is 14.7. The van der Waals surface area contributed by atoms with Crippen LogP contribution in [0.5, 0.6) is 0 Å². The first-order chi connectivity index (χ1) is 21.2. The average molecular weight is 609 g/mol. The quantitative estimate of drug-likeness (QED) is 0.0526. The van der Waals surface area contributed by atoms with E-state index < -0.39 is 0 Å². The number of unbranched alkanes of at least 4 members (excludes halogenated alkanes) is 26. The van der Waals surface area contributed by atoms with Crippen LogP contribution in [0.2, 0.25) is 0 Å². The molecule has 0 aromatic carbocycles. The Bertz CT molecular complexity index is 533. The maximum absolute atomic E-state index is 6.46. The molecule has 1 unspecified atom stereocenters. The van der Waals surface area contributed by atoms with Gasteiger partial charge in [-0.2, -0.15) is 0 Å². The predicted octanol–water partition coefficient (Wildman–Crippen LogP) is 12.6. The molecule has 0 radical (unpaired) electrons. The zero-order chi connectivity index (χ0) is 30.9. The van der Waals surface area contributed by atoms with Crippen molar-refractivity contribution in [2.45, 2.75) is 213 Å². The van der Waals surface area contributed by atoms with Gasteiger partial charge in [0.05, 0.1) is 26.7 Å². The number of rotatable bonds is 35. The Hall–Kier alpha value is -0.120. The molecule has 1 heterocycles. The van der Waals surface area contributed by atoms with Gasteiger partial charge in [-0.15, -0.1) is 0 Å². The first kappa shape index (κ1) is 40.9. The number of hydrogen-bond donors (Lipinski definition) is 0. The lowest BCUT2D eigenvalue weighted by atomic mass is 10.0. The van der Waals surface area contributed by atoms with Crippen molar-refractivity contribution < 1.29 is 14.0 Å². The fourth-order valence-corrected chi connectivity index (χ4v) is 7.09. The van der Waals surface area contributed by atoms with Crippen molar-refractivity contribution in [2.75, 3.05) is 46.5 Å². The predicted molar refractivity (Wildman–Crippen MR) is 191 cm³/mol. The molecule has 258 valence electrons. The van der Waals surface area contributed by atoms with Crippen LogP contribution in [-0.4, -0.2) is 57.1 Å². The molecule has 1 aliphatic heterocycles. The Morgan fingerprint density at radius 1 is 0.442 bits per heavy atom. The Balaban J connectivity index is 1.98. The molecule has 0 bridgehead atoms. The molecule has 1 atom stereocenters. The standard InChI is InChI=1S/C40H82NO2/c1-4-6-8-10-12-14-16-18-20-22-24-26-28-32-36-42-39-40(38-41(3)34-30-31-35-41)43-37-33-29-27-25-23-21-19-17-15-13-11-9-7-5-2/h40H,4-39H2,1-3H3/q+1. The van der Waals surface area contributed by atoms with Gasteiger partial charge in [-0.25, -0.2) is 0 Å². The minimum absolute atomic E-state index is 0.275. The summed E-state index contributed by atoms with van der Waals surface area (Å²) >= 11 is 0. The number of likely N-dealkylation sites (tertiary alicyclic amines) is 1. The summed E-state index contributed by atoms with van der Waals surface area (Å²) in [5.74, 6) is 0. The van der Waals surface area contributed by atoms with E-state index in [2.05, 4.69) is 20.9 Å². The van der Waals surface area contributed by atoms with Crippen LogP contribution < -0.4 is 0 Å². The van der Waals surface area contributed by atoms with Crippen molar-refractivity contribution in [1.29, 1.82) is 0 Å². The van der Waals surface area contributed by atoms with Crippen LogP contribution in [0.15, 0.2) is 0 Å². The van der Waals surface area contributed by atoms with E-state index in [1.807, 2.05) is 0 Å². The summed E-state index contributed by atoms with van der Waals surface area (Å²) in [4.78, 5) is 0. The van der Waals surface area contributed by atoms with Gasteiger partial charge in [-0.05, 0) is 12.8 Å². The van der Waals surface area contributed by atoms with E-state index in [9.17, 15) is 0 Å². The van der Waals surface area contributed by atoms with Crippen LogP contribution in [-0.2, 0) is 9.47 Å². The van der Waals surface area contributed by atoms with Gasteiger partial charge in [0.2, 0.25) is 0 Å². The summed E-state index contributed by atoms with van der Waals surface area (Å²) in [6, 6.07) is 0. The largest absolute Gasteiger partial charge is 0.379 e. The van der Waals surface area contributed by atoms with Gasteiger partial charge in [-0.1, -0.05) is 181 Å². The average Bonchev–Trinajstić information content (AvgIpc) is 3.44. The van der Waals surface area contributed by atoms with Crippen LogP contribution in [0, 0.1) is 0 Å². The third-order valence-electron chi connectivity index (χ3n) is 10.1. The molecule has 0 N–H and O–H groups in total. The number of ether oxygens (including phenoxy) is 2. The molecule has 0 aliphatic carbocycles. The van der Waals surface area contributed by atoms with E-state index in [1.54, 1.807) is 0 Å². The van der Waals surface area contributed by atoms with Crippen LogP contribution in [0.1, 0.15) is 206 Å². The minimum atomic E-state index is 0.275. The summed E-state index contributed by atoms with van der Waals surface area (Å²) < 4.78 is 13.8.